The number of fused-ring (bicyclic) bond motifs is 2. The Kier molecular flexibility index (Phi) is 6.01. The maximum absolute atomic E-state index is 6.25. The summed E-state index contributed by atoms with van der Waals surface area (Å²) in [5.74, 6) is 1.65. The molecule has 6 rings (SSSR count). The van der Waals surface area contributed by atoms with E-state index in [1.165, 1.54) is 0 Å². The van der Waals surface area contributed by atoms with Gasteiger partial charge in [0.25, 0.3) is 0 Å². The minimum absolute atomic E-state index is 0.488. The second kappa shape index (κ2) is 9.59. The van der Waals surface area contributed by atoms with E-state index in [-0.39, 0.29) is 0 Å². The highest BCUT2D eigenvalue weighted by Gasteiger charge is 2.18. The second-order valence-corrected chi connectivity index (χ2v) is 9.14. The lowest BCUT2D eigenvalue weighted by atomic mass is 10.0. The molecule has 0 unspecified atom stereocenters. The number of nitrogens with one attached hydrogen (secondary N) is 2. The third-order valence-electron chi connectivity index (χ3n) is 6.42. The van der Waals surface area contributed by atoms with E-state index in [2.05, 4.69) is 48.7 Å². The number of imidazole rings is 1. The molecule has 0 amide bonds. The first-order valence-corrected chi connectivity index (χ1v) is 12.3. The molecule has 0 saturated carbocycles. The minimum Gasteiger partial charge on any atom is -0.354 e. The van der Waals surface area contributed by atoms with E-state index >= 15 is 0 Å². The number of aromatic nitrogens is 6. The largest absolute Gasteiger partial charge is 0.354 e. The van der Waals surface area contributed by atoms with Crippen LogP contribution in [0.3, 0.4) is 0 Å². The molecular formula is C25H26ClN9. The molecule has 4 aromatic rings. The van der Waals surface area contributed by atoms with Crippen molar-refractivity contribution in [1.82, 2.24) is 34.9 Å². The molecule has 0 atom stereocenters. The van der Waals surface area contributed by atoms with Crippen molar-refractivity contribution in [3.63, 3.8) is 0 Å². The molecule has 0 bridgehead atoms. The average molecular weight is 488 g/mol. The van der Waals surface area contributed by atoms with Crippen molar-refractivity contribution in [3.8, 4) is 0 Å². The first-order chi connectivity index (χ1) is 17.2. The quantitative estimate of drug-likeness (QED) is 0.442. The summed E-state index contributed by atoms with van der Waals surface area (Å²) in [4.78, 5) is 20.7. The molecule has 1 saturated heterocycles. The average Bonchev–Trinajstić information content (AvgIpc) is 3.15. The van der Waals surface area contributed by atoms with Gasteiger partial charge in [0, 0.05) is 56.3 Å². The van der Waals surface area contributed by atoms with Crippen molar-refractivity contribution in [2.24, 2.45) is 0 Å². The monoisotopic (exact) mass is 487 g/mol. The van der Waals surface area contributed by atoms with Crippen LogP contribution in [0.1, 0.15) is 35.4 Å². The van der Waals surface area contributed by atoms with Gasteiger partial charge in [-0.15, -0.1) is 0 Å². The van der Waals surface area contributed by atoms with Gasteiger partial charge in [-0.2, -0.15) is 5.10 Å². The Labute approximate surface area is 208 Å². The summed E-state index contributed by atoms with van der Waals surface area (Å²) in [6, 6.07) is 8.11. The fourth-order valence-corrected chi connectivity index (χ4v) is 4.73. The molecule has 2 aliphatic rings. The van der Waals surface area contributed by atoms with Gasteiger partial charge < -0.3 is 15.5 Å². The summed E-state index contributed by atoms with van der Waals surface area (Å²) in [5, 5.41) is 11.9. The molecule has 2 N–H and O–H groups in total. The molecule has 1 fully saturated rings. The Morgan fingerprint density at radius 2 is 1.91 bits per heavy atom. The van der Waals surface area contributed by atoms with Gasteiger partial charge >= 0.3 is 0 Å². The van der Waals surface area contributed by atoms with E-state index in [4.69, 9.17) is 21.7 Å². The highest BCUT2D eigenvalue weighted by molar-refractivity contribution is 6.29. The zero-order valence-corrected chi connectivity index (χ0v) is 20.0. The Morgan fingerprint density at radius 3 is 2.77 bits per heavy atom. The SMILES string of the molecule is Clc1cnc2ccc(C3=CCCCc4nc(NCc5ccc(N6CCNCC6)nc5)ncc43)nn12. The highest BCUT2D eigenvalue weighted by atomic mass is 35.5. The molecule has 10 heteroatoms. The number of nitrogens with zero attached hydrogens (tertiary/aromatic N) is 7. The standard InChI is InChI=1S/C25H26ClN9/c26-22-16-29-24-8-6-21(33-35(22)24)18-3-1-2-4-20-19(18)15-31-25(32-20)30-14-17-5-7-23(28-13-17)34-11-9-27-10-12-34/h3,5-8,13,15-16,27H,1-2,4,9-12,14H2,(H,30,31,32). The first kappa shape index (κ1) is 21.9. The van der Waals surface area contributed by atoms with Crippen LogP contribution in [0, 0.1) is 0 Å². The number of halogens is 1. The van der Waals surface area contributed by atoms with Gasteiger partial charge in [-0.05, 0) is 43.0 Å². The number of anilines is 2. The van der Waals surface area contributed by atoms with Crippen molar-refractivity contribution < 1.29 is 0 Å². The van der Waals surface area contributed by atoms with Crippen molar-refractivity contribution >= 4 is 34.6 Å². The Bertz CT molecular complexity index is 1370. The van der Waals surface area contributed by atoms with Gasteiger partial charge in [-0.25, -0.2) is 24.5 Å². The number of pyridine rings is 1. The van der Waals surface area contributed by atoms with Gasteiger partial charge in [-0.3, -0.25) is 0 Å². The van der Waals surface area contributed by atoms with Crippen LogP contribution in [0.25, 0.3) is 11.2 Å². The topological polar surface area (TPSA) is 96.2 Å². The van der Waals surface area contributed by atoms with Crippen LogP contribution in [0.15, 0.2) is 48.9 Å². The second-order valence-electron chi connectivity index (χ2n) is 8.75. The summed E-state index contributed by atoms with van der Waals surface area (Å²) in [7, 11) is 0. The fraction of sp³-hybridized carbons (Fsp3) is 0.320. The van der Waals surface area contributed by atoms with E-state index in [0.29, 0.717) is 17.6 Å². The zero-order chi connectivity index (χ0) is 23.6. The number of hydrogen-bond donors (Lipinski definition) is 2. The number of piperazine rings is 1. The van der Waals surface area contributed by atoms with Gasteiger partial charge in [0.1, 0.15) is 5.82 Å². The minimum atomic E-state index is 0.488. The Hall–Kier alpha value is -3.56. The fourth-order valence-electron chi connectivity index (χ4n) is 4.56. The predicted molar refractivity (Wildman–Crippen MR) is 137 cm³/mol. The van der Waals surface area contributed by atoms with Crippen LogP contribution >= 0.6 is 11.6 Å². The maximum Gasteiger partial charge on any atom is 0.223 e. The number of hydrogen-bond acceptors (Lipinski definition) is 8. The van der Waals surface area contributed by atoms with Gasteiger partial charge in [-0.1, -0.05) is 23.7 Å². The molecule has 0 spiro atoms. The third kappa shape index (κ3) is 4.56. The van der Waals surface area contributed by atoms with Crippen molar-refractivity contribution in [2.75, 3.05) is 36.4 Å². The van der Waals surface area contributed by atoms with E-state index in [9.17, 15) is 0 Å². The normalized spacial score (nSPS) is 16.0. The third-order valence-corrected chi connectivity index (χ3v) is 6.68. The van der Waals surface area contributed by atoms with E-state index in [0.717, 1.165) is 85.0 Å². The van der Waals surface area contributed by atoms with Crippen molar-refractivity contribution in [2.45, 2.75) is 25.8 Å². The summed E-state index contributed by atoms with van der Waals surface area (Å²) in [6.07, 6.45) is 10.5. The molecule has 178 valence electrons. The Balaban J connectivity index is 1.19. The number of rotatable bonds is 5. The Morgan fingerprint density at radius 1 is 1.00 bits per heavy atom. The summed E-state index contributed by atoms with van der Waals surface area (Å²) < 4.78 is 1.65. The lowest BCUT2D eigenvalue weighted by molar-refractivity contribution is 0.585. The number of aryl methyl sites for hydroxylation is 1. The summed E-state index contributed by atoms with van der Waals surface area (Å²) in [6.45, 7) is 4.60. The molecule has 35 heavy (non-hydrogen) atoms. The smallest absolute Gasteiger partial charge is 0.223 e. The van der Waals surface area contributed by atoms with E-state index in [1.54, 1.807) is 10.7 Å². The van der Waals surface area contributed by atoms with E-state index < -0.39 is 0 Å². The van der Waals surface area contributed by atoms with Crippen LogP contribution in [0.2, 0.25) is 5.15 Å². The van der Waals surface area contributed by atoms with Crippen LogP contribution in [0.4, 0.5) is 11.8 Å². The van der Waals surface area contributed by atoms with E-state index in [1.807, 2.05) is 24.5 Å². The highest BCUT2D eigenvalue weighted by Crippen LogP contribution is 2.29. The van der Waals surface area contributed by atoms with Crippen molar-refractivity contribution in [3.05, 3.63) is 76.6 Å². The molecular weight excluding hydrogens is 462 g/mol. The van der Waals surface area contributed by atoms with Crippen LogP contribution in [-0.4, -0.2) is 55.7 Å². The van der Waals surface area contributed by atoms with Gasteiger partial charge in [0.05, 0.1) is 17.6 Å². The van der Waals surface area contributed by atoms with Crippen LogP contribution in [-0.2, 0) is 13.0 Å². The molecule has 5 heterocycles. The zero-order valence-electron chi connectivity index (χ0n) is 19.3. The summed E-state index contributed by atoms with van der Waals surface area (Å²) in [5.41, 5.74) is 5.72. The first-order valence-electron chi connectivity index (χ1n) is 12.0. The molecule has 1 aliphatic heterocycles. The van der Waals surface area contributed by atoms with Crippen molar-refractivity contribution in [1.29, 1.82) is 0 Å². The number of allylic oxidation sites excluding steroid dienone is 1. The van der Waals surface area contributed by atoms with Gasteiger partial charge in [0.2, 0.25) is 5.95 Å². The molecule has 0 radical (unpaired) electrons. The van der Waals surface area contributed by atoms with Crippen LogP contribution in [0.5, 0.6) is 0 Å². The molecule has 9 nitrogen and oxygen atoms in total. The maximum atomic E-state index is 6.25. The summed E-state index contributed by atoms with van der Waals surface area (Å²) >= 11 is 6.25. The molecule has 0 aromatic carbocycles. The molecule has 4 aromatic heterocycles. The lowest BCUT2D eigenvalue weighted by Gasteiger charge is -2.28. The molecule has 1 aliphatic carbocycles. The predicted octanol–water partition coefficient (Wildman–Crippen LogP) is 3.36. The van der Waals surface area contributed by atoms with Gasteiger partial charge in [0.15, 0.2) is 10.8 Å². The lowest BCUT2D eigenvalue weighted by Crippen LogP contribution is -2.43. The van der Waals surface area contributed by atoms with Crippen LogP contribution < -0.4 is 15.5 Å².